The van der Waals surface area contributed by atoms with E-state index in [4.69, 9.17) is 0 Å². The summed E-state index contributed by atoms with van der Waals surface area (Å²) in [7, 11) is 0. The minimum Gasteiger partial charge on any atom is -0.207 e. The van der Waals surface area contributed by atoms with Crippen LogP contribution in [0, 0.1) is 12.7 Å². The molecule has 26 heavy (non-hydrogen) atoms. The molecule has 0 radical (unpaired) electrons. The number of aryl methyl sites for hydroxylation is 1. The smallest absolute Gasteiger partial charge is 0.123 e. The third kappa shape index (κ3) is 8.07. The molecule has 0 N–H and O–H groups in total. The van der Waals surface area contributed by atoms with E-state index in [1.807, 2.05) is 79.7 Å². The molecule has 0 heterocycles. The lowest BCUT2D eigenvalue weighted by molar-refractivity contribution is 0.626. The SMILES string of the molecule is C=Cc1ccc(F)cc1C.C=Cc1ccccc1.C=Cc1ccccc1. The van der Waals surface area contributed by atoms with Crippen molar-refractivity contribution in [3.05, 3.63) is 127 Å². The summed E-state index contributed by atoms with van der Waals surface area (Å²) in [5.41, 5.74) is 4.26. The largest absolute Gasteiger partial charge is 0.207 e. The molecule has 0 aliphatic carbocycles. The molecule has 0 aliphatic rings. The summed E-state index contributed by atoms with van der Waals surface area (Å²) in [6, 6.07) is 24.7. The van der Waals surface area contributed by atoms with E-state index in [2.05, 4.69) is 19.7 Å². The first-order chi connectivity index (χ1) is 12.6. The normalized spacial score (nSPS) is 8.85. The Morgan fingerprint density at radius 3 is 1.42 bits per heavy atom. The van der Waals surface area contributed by atoms with Crippen LogP contribution in [0.15, 0.2) is 98.6 Å². The number of hydrogen-bond acceptors (Lipinski definition) is 0. The lowest BCUT2D eigenvalue weighted by Crippen LogP contribution is -1.81. The van der Waals surface area contributed by atoms with E-state index >= 15 is 0 Å². The van der Waals surface area contributed by atoms with Crippen LogP contribution in [0.25, 0.3) is 18.2 Å². The lowest BCUT2D eigenvalue weighted by Gasteiger charge is -1.97. The number of hydrogen-bond donors (Lipinski definition) is 0. The molecule has 1 heteroatoms. The average Bonchev–Trinajstić information content (AvgIpc) is 2.70. The van der Waals surface area contributed by atoms with Crippen molar-refractivity contribution in [3.8, 4) is 0 Å². The monoisotopic (exact) mass is 344 g/mol. The molecule has 3 aromatic rings. The summed E-state index contributed by atoms with van der Waals surface area (Å²) >= 11 is 0. The highest BCUT2D eigenvalue weighted by atomic mass is 19.1. The van der Waals surface area contributed by atoms with Crippen LogP contribution in [-0.4, -0.2) is 0 Å². The van der Waals surface area contributed by atoms with Crippen LogP contribution in [0.4, 0.5) is 4.39 Å². The van der Waals surface area contributed by atoms with Gasteiger partial charge in [-0.15, -0.1) is 0 Å². The fourth-order valence-electron chi connectivity index (χ4n) is 2.05. The molecular formula is C25H25F. The van der Waals surface area contributed by atoms with Gasteiger partial charge >= 0.3 is 0 Å². The lowest BCUT2D eigenvalue weighted by atomic mass is 10.1. The van der Waals surface area contributed by atoms with E-state index in [0.29, 0.717) is 0 Å². The molecule has 0 aliphatic heterocycles. The van der Waals surface area contributed by atoms with Crippen LogP contribution >= 0.6 is 0 Å². The maximum atomic E-state index is 12.4. The molecule has 3 aromatic carbocycles. The van der Waals surface area contributed by atoms with E-state index in [9.17, 15) is 4.39 Å². The van der Waals surface area contributed by atoms with E-state index in [-0.39, 0.29) is 5.82 Å². The van der Waals surface area contributed by atoms with Gasteiger partial charge < -0.3 is 0 Å². The van der Waals surface area contributed by atoms with Crippen LogP contribution in [0.2, 0.25) is 0 Å². The maximum Gasteiger partial charge on any atom is 0.123 e. The second-order valence-electron chi connectivity index (χ2n) is 5.43. The molecule has 0 saturated carbocycles. The van der Waals surface area contributed by atoms with Gasteiger partial charge in [0.1, 0.15) is 5.82 Å². The summed E-state index contributed by atoms with van der Waals surface area (Å²) in [6.07, 6.45) is 5.38. The minimum atomic E-state index is -0.192. The van der Waals surface area contributed by atoms with Gasteiger partial charge in [-0.1, -0.05) is 105 Å². The van der Waals surface area contributed by atoms with Crippen molar-refractivity contribution in [2.75, 3.05) is 0 Å². The highest BCUT2D eigenvalue weighted by Gasteiger charge is 1.93. The van der Waals surface area contributed by atoms with Crippen molar-refractivity contribution < 1.29 is 4.39 Å². The topological polar surface area (TPSA) is 0 Å². The predicted molar refractivity (Wildman–Crippen MR) is 114 cm³/mol. The van der Waals surface area contributed by atoms with E-state index < -0.39 is 0 Å². The summed E-state index contributed by atoms with van der Waals surface area (Å²) in [5, 5.41) is 0. The van der Waals surface area contributed by atoms with Gasteiger partial charge in [0.05, 0.1) is 0 Å². The predicted octanol–water partition coefficient (Wildman–Crippen LogP) is 7.44. The zero-order valence-corrected chi connectivity index (χ0v) is 15.2. The van der Waals surface area contributed by atoms with Gasteiger partial charge in [-0.2, -0.15) is 0 Å². The van der Waals surface area contributed by atoms with Crippen LogP contribution in [-0.2, 0) is 0 Å². The summed E-state index contributed by atoms with van der Waals surface area (Å²) in [4.78, 5) is 0. The van der Waals surface area contributed by atoms with Gasteiger partial charge in [0.25, 0.3) is 0 Å². The second-order valence-corrected chi connectivity index (χ2v) is 5.43. The summed E-state index contributed by atoms with van der Waals surface area (Å²) in [5.74, 6) is -0.192. The zero-order valence-electron chi connectivity index (χ0n) is 15.2. The molecule has 0 aromatic heterocycles. The second kappa shape index (κ2) is 12.2. The Morgan fingerprint density at radius 1 is 0.654 bits per heavy atom. The fourth-order valence-corrected chi connectivity index (χ4v) is 2.05. The zero-order chi connectivity index (χ0) is 19.2. The maximum absolute atomic E-state index is 12.4. The first-order valence-corrected chi connectivity index (χ1v) is 8.34. The Balaban J connectivity index is 0.000000197. The summed E-state index contributed by atoms with van der Waals surface area (Å²) in [6.45, 7) is 12.7. The first kappa shape index (κ1) is 20.9. The van der Waals surface area contributed by atoms with E-state index in [1.54, 1.807) is 12.1 Å². The molecule has 0 bridgehead atoms. The Morgan fingerprint density at radius 2 is 1.12 bits per heavy atom. The average molecular weight is 344 g/mol. The van der Waals surface area contributed by atoms with Crippen molar-refractivity contribution >= 4 is 18.2 Å². The third-order valence-corrected chi connectivity index (χ3v) is 3.52. The molecule has 0 amide bonds. The minimum absolute atomic E-state index is 0.192. The van der Waals surface area contributed by atoms with Crippen LogP contribution < -0.4 is 0 Å². The van der Waals surface area contributed by atoms with Gasteiger partial charge in [-0.25, -0.2) is 4.39 Å². The van der Waals surface area contributed by atoms with Gasteiger partial charge in [0.15, 0.2) is 0 Å². The fraction of sp³-hybridized carbons (Fsp3) is 0.0400. The molecule has 0 fully saturated rings. The molecule has 0 nitrogen and oxygen atoms in total. The van der Waals surface area contributed by atoms with E-state index in [0.717, 1.165) is 11.1 Å². The molecule has 0 spiro atoms. The molecule has 0 saturated heterocycles. The molecule has 3 rings (SSSR count). The van der Waals surface area contributed by atoms with Crippen LogP contribution in [0.5, 0.6) is 0 Å². The molecular weight excluding hydrogens is 319 g/mol. The van der Waals surface area contributed by atoms with Crippen LogP contribution in [0.1, 0.15) is 22.3 Å². The summed E-state index contributed by atoms with van der Waals surface area (Å²) < 4.78 is 12.4. The molecule has 132 valence electrons. The van der Waals surface area contributed by atoms with Gasteiger partial charge in [0, 0.05) is 0 Å². The van der Waals surface area contributed by atoms with E-state index in [1.165, 1.54) is 23.3 Å². The molecule has 0 unspecified atom stereocenters. The van der Waals surface area contributed by atoms with Crippen molar-refractivity contribution in [3.63, 3.8) is 0 Å². The Labute approximate surface area is 156 Å². The standard InChI is InChI=1S/C9H9F.2C8H8/c1-3-8-4-5-9(10)6-7(8)2;2*1-2-8-6-4-3-5-7-8/h3-6H,1H2,2H3;2*2-7H,1H2. The van der Waals surface area contributed by atoms with Crippen LogP contribution in [0.3, 0.4) is 0 Å². The first-order valence-electron chi connectivity index (χ1n) is 8.34. The number of benzene rings is 3. The Kier molecular flexibility index (Phi) is 9.80. The highest BCUT2D eigenvalue weighted by Crippen LogP contribution is 2.10. The van der Waals surface area contributed by atoms with Gasteiger partial charge in [-0.05, 0) is 41.3 Å². The van der Waals surface area contributed by atoms with Crippen molar-refractivity contribution in [1.82, 2.24) is 0 Å². The number of halogens is 1. The van der Waals surface area contributed by atoms with Gasteiger partial charge in [-0.3, -0.25) is 0 Å². The van der Waals surface area contributed by atoms with Crippen molar-refractivity contribution in [1.29, 1.82) is 0 Å². The molecule has 0 atom stereocenters. The number of rotatable bonds is 3. The quantitative estimate of drug-likeness (QED) is 0.463. The third-order valence-electron chi connectivity index (χ3n) is 3.52. The van der Waals surface area contributed by atoms with Crippen molar-refractivity contribution in [2.45, 2.75) is 6.92 Å². The Hall–Kier alpha value is -3.19. The Bertz CT molecular complexity index is 759. The highest BCUT2D eigenvalue weighted by molar-refractivity contribution is 5.51. The van der Waals surface area contributed by atoms with Gasteiger partial charge in [0.2, 0.25) is 0 Å². The van der Waals surface area contributed by atoms with Crippen molar-refractivity contribution in [2.24, 2.45) is 0 Å².